The van der Waals surface area contributed by atoms with Crippen LogP contribution in [0, 0.1) is 19.8 Å². The SMILES string of the molecule is Cc1ccc(C(CNC(=O)C2CCN(Cc3csc(C)n3)CC2)N2CCOCC2)o1. The van der Waals surface area contributed by atoms with E-state index in [1.807, 2.05) is 26.0 Å². The van der Waals surface area contributed by atoms with E-state index in [0.717, 1.165) is 81.0 Å². The Labute approximate surface area is 182 Å². The molecule has 4 rings (SSSR count). The van der Waals surface area contributed by atoms with E-state index in [2.05, 4.69) is 25.5 Å². The lowest BCUT2D eigenvalue weighted by atomic mass is 9.95. The fourth-order valence-corrected chi connectivity index (χ4v) is 4.94. The van der Waals surface area contributed by atoms with Crippen LogP contribution in [0.4, 0.5) is 0 Å². The first-order valence-corrected chi connectivity index (χ1v) is 11.8. The first-order valence-electron chi connectivity index (χ1n) is 10.9. The zero-order chi connectivity index (χ0) is 20.9. The minimum absolute atomic E-state index is 0.0551. The van der Waals surface area contributed by atoms with Crippen LogP contribution < -0.4 is 5.32 Å². The third-order valence-electron chi connectivity index (χ3n) is 6.06. The van der Waals surface area contributed by atoms with Crippen molar-refractivity contribution in [1.29, 1.82) is 0 Å². The molecule has 2 aromatic heterocycles. The van der Waals surface area contributed by atoms with Gasteiger partial charge >= 0.3 is 0 Å². The van der Waals surface area contributed by atoms with Gasteiger partial charge in [-0.2, -0.15) is 0 Å². The molecular formula is C22H32N4O3S. The van der Waals surface area contributed by atoms with Crippen molar-refractivity contribution in [2.75, 3.05) is 45.9 Å². The summed E-state index contributed by atoms with van der Waals surface area (Å²) in [6.07, 6.45) is 1.80. The van der Waals surface area contributed by atoms with Crippen LogP contribution in [0.3, 0.4) is 0 Å². The number of hydrogen-bond donors (Lipinski definition) is 1. The highest BCUT2D eigenvalue weighted by molar-refractivity contribution is 7.09. The number of ether oxygens (including phenoxy) is 1. The first kappa shape index (κ1) is 21.5. The summed E-state index contributed by atoms with van der Waals surface area (Å²) in [6, 6.07) is 4.07. The molecule has 7 nitrogen and oxygen atoms in total. The normalized spacial score (nSPS) is 20.3. The second-order valence-electron chi connectivity index (χ2n) is 8.27. The van der Waals surface area contributed by atoms with Gasteiger partial charge in [-0.15, -0.1) is 11.3 Å². The van der Waals surface area contributed by atoms with Crippen molar-refractivity contribution >= 4 is 17.2 Å². The number of morpholine rings is 1. The van der Waals surface area contributed by atoms with Crippen molar-refractivity contribution < 1.29 is 13.9 Å². The van der Waals surface area contributed by atoms with Gasteiger partial charge in [-0.05, 0) is 51.9 Å². The summed E-state index contributed by atoms with van der Waals surface area (Å²) < 4.78 is 11.4. The average molecular weight is 433 g/mol. The van der Waals surface area contributed by atoms with Crippen LogP contribution in [0.1, 0.15) is 41.1 Å². The average Bonchev–Trinajstić information content (AvgIpc) is 3.37. The van der Waals surface area contributed by atoms with Gasteiger partial charge in [0.25, 0.3) is 0 Å². The zero-order valence-electron chi connectivity index (χ0n) is 17.9. The van der Waals surface area contributed by atoms with Crippen LogP contribution in [0.2, 0.25) is 0 Å². The number of amides is 1. The number of piperidine rings is 1. The Morgan fingerprint density at radius 3 is 2.63 bits per heavy atom. The van der Waals surface area contributed by atoms with Gasteiger partial charge in [0.2, 0.25) is 5.91 Å². The van der Waals surface area contributed by atoms with Crippen molar-refractivity contribution in [3.8, 4) is 0 Å². The number of nitrogens with zero attached hydrogens (tertiary/aromatic N) is 3. The Morgan fingerprint density at radius 1 is 1.23 bits per heavy atom. The fourth-order valence-electron chi connectivity index (χ4n) is 4.34. The number of thiazole rings is 1. The number of carbonyl (C=O) groups is 1. The molecule has 2 aliphatic rings. The quantitative estimate of drug-likeness (QED) is 0.726. The second-order valence-corrected chi connectivity index (χ2v) is 9.33. The molecule has 2 saturated heterocycles. The van der Waals surface area contributed by atoms with Gasteiger partial charge < -0.3 is 14.5 Å². The molecule has 0 aromatic carbocycles. The number of carbonyl (C=O) groups excluding carboxylic acids is 1. The maximum absolute atomic E-state index is 12.9. The summed E-state index contributed by atoms with van der Waals surface area (Å²) >= 11 is 1.70. The van der Waals surface area contributed by atoms with Crippen molar-refractivity contribution in [3.63, 3.8) is 0 Å². The van der Waals surface area contributed by atoms with E-state index in [9.17, 15) is 4.79 Å². The topological polar surface area (TPSA) is 70.8 Å². The van der Waals surface area contributed by atoms with Gasteiger partial charge in [-0.3, -0.25) is 14.6 Å². The van der Waals surface area contributed by atoms with E-state index in [1.165, 1.54) is 0 Å². The third-order valence-corrected chi connectivity index (χ3v) is 6.88. The predicted octanol–water partition coefficient (Wildman–Crippen LogP) is 2.75. The minimum Gasteiger partial charge on any atom is -0.465 e. The molecule has 8 heteroatoms. The Kier molecular flexibility index (Phi) is 7.20. The Hall–Kier alpha value is -1.74. The van der Waals surface area contributed by atoms with Gasteiger partial charge in [0.1, 0.15) is 11.5 Å². The summed E-state index contributed by atoms with van der Waals surface area (Å²) in [5.41, 5.74) is 1.14. The van der Waals surface area contributed by atoms with Crippen molar-refractivity contribution in [3.05, 3.63) is 39.7 Å². The van der Waals surface area contributed by atoms with Crippen LogP contribution in [0.5, 0.6) is 0 Å². The van der Waals surface area contributed by atoms with Crippen molar-refractivity contribution in [2.45, 2.75) is 39.3 Å². The summed E-state index contributed by atoms with van der Waals surface area (Å²) in [4.78, 5) is 22.2. The van der Waals surface area contributed by atoms with Crippen LogP contribution in [-0.2, 0) is 16.1 Å². The zero-order valence-corrected chi connectivity index (χ0v) is 18.7. The summed E-state index contributed by atoms with van der Waals surface area (Å²) in [5, 5.41) is 6.46. The third kappa shape index (κ3) is 5.49. The number of aromatic nitrogens is 1. The number of rotatable bonds is 7. The highest BCUT2D eigenvalue weighted by Gasteiger charge is 2.29. The van der Waals surface area contributed by atoms with Gasteiger partial charge in [0.05, 0.1) is 30.0 Å². The summed E-state index contributed by atoms with van der Waals surface area (Å²) in [6.45, 7) is 10.5. The maximum Gasteiger partial charge on any atom is 0.223 e. The standard InChI is InChI=1S/C22H32N4O3S/c1-16-3-4-21(29-16)20(26-9-11-28-12-10-26)13-23-22(27)18-5-7-25(8-6-18)14-19-15-30-17(2)24-19/h3-4,15,18,20H,5-14H2,1-2H3,(H,23,27). The Balaban J connectivity index is 1.28. The van der Waals surface area contributed by atoms with E-state index in [1.54, 1.807) is 11.3 Å². The second kappa shape index (κ2) is 10.0. The molecule has 0 bridgehead atoms. The number of furan rings is 1. The lowest BCUT2D eigenvalue weighted by molar-refractivity contribution is -0.126. The molecule has 2 fully saturated rings. The first-order chi connectivity index (χ1) is 14.6. The van der Waals surface area contributed by atoms with E-state index in [-0.39, 0.29) is 17.9 Å². The molecule has 0 radical (unpaired) electrons. The van der Waals surface area contributed by atoms with Gasteiger partial charge in [0, 0.05) is 37.5 Å². The fraction of sp³-hybridized carbons (Fsp3) is 0.636. The molecule has 0 spiro atoms. The highest BCUT2D eigenvalue weighted by Crippen LogP contribution is 2.24. The monoisotopic (exact) mass is 432 g/mol. The molecule has 1 unspecified atom stereocenters. The van der Waals surface area contributed by atoms with Gasteiger partial charge in [-0.25, -0.2) is 4.98 Å². The van der Waals surface area contributed by atoms with E-state index in [0.29, 0.717) is 6.54 Å². The number of hydrogen-bond acceptors (Lipinski definition) is 7. The minimum atomic E-state index is 0.0551. The molecule has 1 atom stereocenters. The van der Waals surface area contributed by atoms with Crippen molar-refractivity contribution in [2.24, 2.45) is 5.92 Å². The van der Waals surface area contributed by atoms with Gasteiger partial charge in [-0.1, -0.05) is 0 Å². The number of nitrogens with one attached hydrogen (secondary N) is 1. The lowest BCUT2D eigenvalue weighted by Gasteiger charge is -2.34. The molecule has 4 heterocycles. The highest BCUT2D eigenvalue weighted by atomic mass is 32.1. The molecule has 164 valence electrons. The molecule has 2 aliphatic heterocycles. The van der Waals surface area contributed by atoms with E-state index >= 15 is 0 Å². The number of aryl methyl sites for hydroxylation is 2. The Bertz CT molecular complexity index is 822. The molecule has 0 saturated carbocycles. The van der Waals surface area contributed by atoms with Gasteiger partial charge in [0.15, 0.2) is 0 Å². The van der Waals surface area contributed by atoms with Crippen LogP contribution in [0.25, 0.3) is 0 Å². The van der Waals surface area contributed by atoms with E-state index in [4.69, 9.17) is 9.15 Å². The van der Waals surface area contributed by atoms with Crippen molar-refractivity contribution in [1.82, 2.24) is 20.1 Å². The van der Waals surface area contributed by atoms with Crippen LogP contribution in [0.15, 0.2) is 21.9 Å². The lowest BCUT2D eigenvalue weighted by Crippen LogP contribution is -2.46. The molecular weight excluding hydrogens is 400 g/mol. The predicted molar refractivity (Wildman–Crippen MR) is 116 cm³/mol. The molecule has 30 heavy (non-hydrogen) atoms. The van der Waals surface area contributed by atoms with Crippen LogP contribution in [-0.4, -0.2) is 66.6 Å². The van der Waals surface area contributed by atoms with Crippen LogP contribution >= 0.6 is 11.3 Å². The summed E-state index contributed by atoms with van der Waals surface area (Å²) in [5.74, 6) is 2.07. The summed E-state index contributed by atoms with van der Waals surface area (Å²) in [7, 11) is 0. The molecule has 0 aliphatic carbocycles. The molecule has 1 amide bonds. The number of likely N-dealkylation sites (tertiary alicyclic amines) is 1. The largest absolute Gasteiger partial charge is 0.465 e. The molecule has 2 aromatic rings. The Morgan fingerprint density at radius 2 is 2.00 bits per heavy atom. The smallest absolute Gasteiger partial charge is 0.223 e. The van der Waals surface area contributed by atoms with E-state index < -0.39 is 0 Å². The molecule has 1 N–H and O–H groups in total. The maximum atomic E-state index is 12.9.